The topological polar surface area (TPSA) is 269 Å². The third-order valence-electron chi connectivity index (χ3n) is 11.2. The first-order valence-corrected chi connectivity index (χ1v) is 27.6. The van der Waals surface area contributed by atoms with Crippen LogP contribution in [-0.4, -0.2) is 115 Å². The number of esters is 2. The molecular formula is C49H82O17P2. The summed E-state index contributed by atoms with van der Waals surface area (Å²) >= 11 is 0. The number of aliphatic hydroxyl groups is 4. The van der Waals surface area contributed by atoms with Crippen molar-refractivity contribution in [3.63, 3.8) is 0 Å². The predicted molar refractivity (Wildman–Crippen MR) is 259 cm³/mol. The first kappa shape index (κ1) is 61.5. The largest absolute Gasteiger partial charge is 0.472 e. The molecule has 19 heteroatoms. The first-order chi connectivity index (χ1) is 32.6. The number of unbranched alkanes of at least 4 members (excludes halogenated alkanes) is 11. The molecule has 2 rings (SSSR count). The second-order valence-corrected chi connectivity index (χ2v) is 19.8. The molecule has 68 heavy (non-hydrogen) atoms. The van der Waals surface area contributed by atoms with E-state index in [4.69, 9.17) is 23.3 Å². The van der Waals surface area contributed by atoms with Crippen molar-refractivity contribution < 1.29 is 81.6 Å². The van der Waals surface area contributed by atoms with Gasteiger partial charge in [-0.15, -0.1) is 0 Å². The zero-order chi connectivity index (χ0) is 50.0. The summed E-state index contributed by atoms with van der Waals surface area (Å²) in [4.78, 5) is 54.3. The molecule has 0 spiro atoms. The lowest BCUT2D eigenvalue weighted by molar-refractivity contribution is -0.216. The van der Waals surface area contributed by atoms with Gasteiger partial charge in [-0.05, 0) is 77.0 Å². The quantitative estimate of drug-likeness (QED) is 0.00998. The average Bonchev–Trinajstić information content (AvgIpc) is 4.05. The lowest BCUT2D eigenvalue weighted by Gasteiger charge is -2.43. The van der Waals surface area contributed by atoms with E-state index in [0.717, 1.165) is 83.5 Å². The molecule has 17 nitrogen and oxygen atoms in total. The number of rotatable bonds is 39. The number of hydrogen-bond donors (Lipinski definition) is 7. The Bertz CT molecular complexity index is 1660. The van der Waals surface area contributed by atoms with Gasteiger partial charge in [0.15, 0.2) is 6.10 Å². The third kappa shape index (κ3) is 29.6. The summed E-state index contributed by atoms with van der Waals surface area (Å²) in [5.74, 6) is -1.32. The van der Waals surface area contributed by atoms with Crippen LogP contribution in [0.15, 0.2) is 72.9 Å². The summed E-state index contributed by atoms with van der Waals surface area (Å²) in [5.41, 5.74) is 0. The molecule has 0 aromatic rings. The summed E-state index contributed by atoms with van der Waals surface area (Å²) in [7, 11) is -10.7. The molecule has 0 aromatic heterocycles. The van der Waals surface area contributed by atoms with E-state index in [-0.39, 0.29) is 12.8 Å². The maximum Gasteiger partial charge on any atom is 0.472 e. The summed E-state index contributed by atoms with van der Waals surface area (Å²) in [6.07, 6.45) is 30.5. The van der Waals surface area contributed by atoms with Gasteiger partial charge in [-0.3, -0.25) is 23.2 Å². The van der Waals surface area contributed by atoms with E-state index in [1.807, 2.05) is 18.2 Å². The van der Waals surface area contributed by atoms with Crippen molar-refractivity contribution in [2.24, 2.45) is 0 Å². The number of ether oxygens (including phenoxy) is 3. The van der Waals surface area contributed by atoms with Gasteiger partial charge >= 0.3 is 27.6 Å². The van der Waals surface area contributed by atoms with Crippen molar-refractivity contribution in [2.45, 2.75) is 210 Å². The summed E-state index contributed by atoms with van der Waals surface area (Å²) in [6, 6.07) is 0. The zero-order valence-corrected chi connectivity index (χ0v) is 42.0. The Hall–Kier alpha value is -2.60. The maximum atomic E-state index is 13.0. The van der Waals surface area contributed by atoms with E-state index in [2.05, 4.69) is 67.0 Å². The van der Waals surface area contributed by atoms with Crippen LogP contribution < -0.4 is 0 Å². The number of allylic oxidation sites excluding steroid dienone is 10. The summed E-state index contributed by atoms with van der Waals surface area (Å²) in [6.45, 7) is 2.91. The molecular weight excluding hydrogens is 922 g/mol. The Balaban J connectivity index is 1.81. The van der Waals surface area contributed by atoms with Gasteiger partial charge in [0.1, 0.15) is 43.2 Å². The minimum Gasteiger partial charge on any atom is -0.462 e. The van der Waals surface area contributed by atoms with E-state index >= 15 is 0 Å². The van der Waals surface area contributed by atoms with Gasteiger partial charge in [0.2, 0.25) is 0 Å². The Morgan fingerprint density at radius 3 is 1.62 bits per heavy atom. The molecule has 7 N–H and O–H groups in total. The summed E-state index contributed by atoms with van der Waals surface area (Å²) < 4.78 is 55.0. The van der Waals surface area contributed by atoms with Crippen LogP contribution in [0.2, 0.25) is 0 Å². The second-order valence-electron chi connectivity index (χ2n) is 17.2. The molecule has 1 saturated heterocycles. The fourth-order valence-corrected chi connectivity index (χ4v) is 8.80. The Kier molecular flexibility index (Phi) is 32.9. The molecule has 0 radical (unpaired) electrons. The Morgan fingerprint density at radius 2 is 1.04 bits per heavy atom. The zero-order valence-electron chi connectivity index (χ0n) is 40.2. The van der Waals surface area contributed by atoms with Gasteiger partial charge in [-0.2, -0.15) is 0 Å². The number of epoxide rings is 1. The normalized spacial score (nSPS) is 24.8. The lowest BCUT2D eigenvalue weighted by atomic mass is 9.85. The molecule has 10 atom stereocenters. The lowest BCUT2D eigenvalue weighted by Crippen LogP contribution is -2.64. The van der Waals surface area contributed by atoms with Crippen LogP contribution >= 0.6 is 15.6 Å². The van der Waals surface area contributed by atoms with E-state index in [9.17, 15) is 53.8 Å². The summed E-state index contributed by atoms with van der Waals surface area (Å²) in [5, 5.41) is 41.3. The molecule has 2 fully saturated rings. The van der Waals surface area contributed by atoms with Crippen LogP contribution in [0.1, 0.15) is 155 Å². The minimum atomic E-state index is -5.38. The van der Waals surface area contributed by atoms with Crippen LogP contribution in [0.4, 0.5) is 0 Å². The number of aliphatic hydroxyl groups excluding tert-OH is 4. The highest BCUT2D eigenvalue weighted by atomic mass is 31.2. The smallest absolute Gasteiger partial charge is 0.462 e. The molecule has 2 aliphatic rings. The number of hydrogen-bond acceptors (Lipinski definition) is 14. The predicted octanol–water partition coefficient (Wildman–Crippen LogP) is 8.61. The van der Waals surface area contributed by atoms with Crippen LogP contribution in [-0.2, 0) is 46.5 Å². The molecule has 0 bridgehead atoms. The van der Waals surface area contributed by atoms with Crippen molar-refractivity contribution in [3.05, 3.63) is 72.9 Å². The van der Waals surface area contributed by atoms with Crippen LogP contribution in [0.25, 0.3) is 0 Å². The molecule has 7 unspecified atom stereocenters. The fourth-order valence-electron chi connectivity index (χ4n) is 7.26. The standard InChI is InChI=1S/C49H82O17P2/c1-3-5-7-8-9-10-11-12-13-14-18-21-24-27-31-35-42(50)61-37-39(38-62-68(59,60)66-49-46(54)44(52)45(53)48(47(49)55)65-67(56,57)58)63-43(51)36-32-28-25-22-19-16-15-17-20-23-26-30-34-41-40(64-41)33-29-6-4-2/h6,10-11,16-17,19-20,25-26,28-30,39-41,44-49,52-55H,3-5,7-9,12-15,18,21-24,27,31-38H2,1-2H3,(H,59,60)(H2,56,57,58)/b11-10-,19-16-,20-17-,28-25-,29-6-,30-26-/t39-,40?,41?,44?,45?,46?,47?,48-,49+/m1/s1. The van der Waals surface area contributed by atoms with Crippen molar-refractivity contribution in [1.29, 1.82) is 0 Å². The van der Waals surface area contributed by atoms with E-state index in [1.54, 1.807) is 6.08 Å². The van der Waals surface area contributed by atoms with Crippen LogP contribution in [0.3, 0.4) is 0 Å². The van der Waals surface area contributed by atoms with E-state index in [1.165, 1.54) is 25.7 Å². The van der Waals surface area contributed by atoms with Crippen molar-refractivity contribution >= 4 is 27.6 Å². The van der Waals surface area contributed by atoms with Gasteiger partial charge in [0, 0.05) is 12.8 Å². The van der Waals surface area contributed by atoms with Gasteiger partial charge in [-0.25, -0.2) is 9.13 Å². The van der Waals surface area contributed by atoms with Gasteiger partial charge in [0.05, 0.1) is 18.8 Å². The monoisotopic (exact) mass is 1000 g/mol. The highest BCUT2D eigenvalue weighted by Gasteiger charge is 2.54. The van der Waals surface area contributed by atoms with E-state index in [0.29, 0.717) is 31.5 Å². The Labute approximate surface area is 404 Å². The highest BCUT2D eigenvalue weighted by Crippen LogP contribution is 2.49. The van der Waals surface area contributed by atoms with Gasteiger partial charge in [0.25, 0.3) is 0 Å². The number of phosphoric acid groups is 2. The van der Waals surface area contributed by atoms with Gasteiger partial charge in [-0.1, -0.05) is 138 Å². The molecule has 1 heterocycles. The van der Waals surface area contributed by atoms with Crippen molar-refractivity contribution in [2.75, 3.05) is 13.2 Å². The van der Waals surface area contributed by atoms with Crippen LogP contribution in [0, 0.1) is 0 Å². The highest BCUT2D eigenvalue weighted by molar-refractivity contribution is 7.47. The molecule has 1 aliphatic carbocycles. The number of carbonyl (C=O) groups excluding carboxylic acids is 2. The van der Waals surface area contributed by atoms with E-state index < -0.39 is 83.5 Å². The SMILES string of the molecule is CC/C=C\CC1OC1C/C=C\C/C=C\C/C=C\C/C=C\CCC(=O)O[C@H](COC(=O)CCCCCCCCC/C=C\CCCCCC)COP(=O)(O)O[C@H]1C(O)C(O)C(O)[C@@H](OP(=O)(O)O)C1O. The first-order valence-electron chi connectivity index (χ1n) is 24.6. The maximum absolute atomic E-state index is 13.0. The van der Waals surface area contributed by atoms with Gasteiger partial charge < -0.3 is 49.3 Å². The molecule has 0 amide bonds. The number of carbonyl (C=O) groups is 2. The molecule has 1 aliphatic heterocycles. The molecule has 390 valence electrons. The number of phosphoric ester groups is 2. The van der Waals surface area contributed by atoms with Crippen LogP contribution in [0.5, 0.6) is 0 Å². The third-order valence-corrected chi connectivity index (χ3v) is 12.7. The molecule has 1 saturated carbocycles. The minimum absolute atomic E-state index is 0.0882. The average molecular weight is 1010 g/mol. The van der Waals surface area contributed by atoms with Crippen molar-refractivity contribution in [1.82, 2.24) is 0 Å². The second kappa shape index (κ2) is 36.3. The van der Waals surface area contributed by atoms with Crippen molar-refractivity contribution in [3.8, 4) is 0 Å². The molecule has 0 aromatic carbocycles. The Morgan fingerprint density at radius 1 is 0.544 bits per heavy atom. The fraction of sp³-hybridized carbons (Fsp3) is 0.714.